The zero-order chi connectivity index (χ0) is 88.3. The Morgan fingerprint density at radius 2 is 0.411 bits per heavy atom. The highest BCUT2D eigenvalue weighted by molar-refractivity contribution is 6.95. The van der Waals surface area contributed by atoms with Crippen LogP contribution in [0.4, 0.5) is 0 Å². The fourth-order valence-electron chi connectivity index (χ4n) is 14.9. The number of nitrogens with one attached hydrogen (secondary N) is 6. The van der Waals surface area contributed by atoms with Gasteiger partial charge in [-0.25, -0.2) is 0 Å². The second kappa shape index (κ2) is 48.5. The lowest BCUT2D eigenvalue weighted by molar-refractivity contribution is -0.873. The van der Waals surface area contributed by atoms with Gasteiger partial charge in [-0.15, -0.1) is 0 Å². The first kappa shape index (κ1) is 117. The molecule has 0 heterocycles. The van der Waals surface area contributed by atoms with E-state index in [0.29, 0.717) is 39.3 Å². The van der Waals surface area contributed by atoms with Crippen molar-refractivity contribution in [1.29, 1.82) is 0 Å². The molecule has 0 spiro atoms. The molecule has 6 unspecified atom stereocenters. The summed E-state index contributed by atoms with van der Waals surface area (Å²) in [5.74, 6) is 0. The third kappa shape index (κ3) is 65.4. The van der Waals surface area contributed by atoms with Gasteiger partial charge in [0.05, 0.1) is 42.3 Å². The number of quaternary nitrogens is 2. The van der Waals surface area contributed by atoms with Crippen LogP contribution < -0.4 is 43.4 Å². The number of nitrogens with zero attached hydrogens (tertiary/aromatic N) is 2. The summed E-state index contributed by atoms with van der Waals surface area (Å²) in [6, 6.07) is 3.14. The normalized spacial score (nSPS) is 17.2. The highest BCUT2D eigenvalue weighted by Crippen LogP contribution is 2.36. The highest BCUT2D eigenvalue weighted by atomic mass is 28.5. The summed E-state index contributed by atoms with van der Waals surface area (Å²) in [6.07, 6.45) is 1.08. The molecule has 0 aromatic carbocycles. The summed E-state index contributed by atoms with van der Waals surface area (Å²) in [4.78, 5) is 0. The fourth-order valence-corrected chi connectivity index (χ4v) is 104. The van der Waals surface area contributed by atoms with Crippen LogP contribution in [0.5, 0.6) is 0 Å². The van der Waals surface area contributed by atoms with E-state index in [2.05, 4.69) is 310 Å². The number of aliphatic hydroxyl groups is 2. The van der Waals surface area contributed by atoms with Crippen molar-refractivity contribution in [1.82, 2.24) is 31.9 Å². The lowest BCUT2D eigenvalue weighted by atomic mass is 10.3. The van der Waals surface area contributed by atoms with Crippen LogP contribution in [-0.2, 0) is 65.8 Å². The van der Waals surface area contributed by atoms with Crippen LogP contribution in [0.1, 0.15) is 12.8 Å². The zero-order valence-electron chi connectivity index (χ0n) is 80.2. The molecule has 0 aromatic rings. The number of hydrogen-bond donors (Lipinski definition) is 10. The minimum atomic E-state index is -2.82. The standard InChI is InChI=1S/C34H94N5O9Si9.C32H90N5O9Si9/c1-39(2,3)33-34(40)32-38-29-28-37-26-23-31-57(21,46-52(12,13)42-50(7,8)9)48-55(18,19)44-53(14,15)43-54(16,17)47-56(20,30-22-25-36-27-24-35)45-51(10,11)41-49(4,5)6;1-37(2,3)31-32(38)30-36-25-24-35-27-29-55(21,44-50(12,13)40-48(7,8)9)46-53(18,19)42-51(14,15)41-52(16,17)45-54(20,28-26-34-23-22-33)43-49(10,11)39-47(4,5)6/h34,36-38,40H,22-33,35H2,1-21H3;32,34-36,38H,22-31,33H2,1-21H3/q2*+1. The lowest BCUT2D eigenvalue weighted by Gasteiger charge is -2.45. The molecular formula is C66H184N10O18Si18+2. The molecule has 0 aliphatic rings. The van der Waals surface area contributed by atoms with Gasteiger partial charge in [0.1, 0.15) is 25.3 Å². The second-order valence-corrected chi connectivity index (χ2v) is 111. The topological polar surface area (TPSA) is 312 Å². The molecule has 28 nitrogen and oxygen atoms in total. The molecular weight excluding hydrogens is 1730 g/mol. The maximum absolute atomic E-state index is 10.3. The van der Waals surface area contributed by atoms with E-state index >= 15 is 0 Å². The Hall–Kier alpha value is 2.78. The van der Waals surface area contributed by atoms with E-state index in [0.717, 1.165) is 111 Å². The molecule has 0 radical (unpaired) electrons. The van der Waals surface area contributed by atoms with Gasteiger partial charge >= 0.3 is 120 Å². The van der Waals surface area contributed by atoms with Gasteiger partial charge < -0.3 is 128 Å². The van der Waals surface area contributed by atoms with Crippen molar-refractivity contribution in [2.24, 2.45) is 11.5 Å². The first-order valence-corrected chi connectivity index (χ1v) is 93.4. The van der Waals surface area contributed by atoms with E-state index in [1.54, 1.807) is 0 Å². The van der Waals surface area contributed by atoms with Crippen molar-refractivity contribution in [2.75, 3.05) is 147 Å². The number of aliphatic hydroxyl groups excluding tert-OH is 2. The number of hydrogen-bond acceptors (Lipinski definition) is 26. The summed E-state index contributed by atoms with van der Waals surface area (Å²) >= 11 is 0. The molecule has 12 N–H and O–H groups in total. The van der Waals surface area contributed by atoms with Gasteiger partial charge in [0.25, 0.3) is 0 Å². The molecule has 0 aliphatic heterocycles. The van der Waals surface area contributed by atoms with Crippen LogP contribution >= 0.6 is 0 Å². The van der Waals surface area contributed by atoms with E-state index in [9.17, 15) is 10.2 Å². The van der Waals surface area contributed by atoms with Crippen molar-refractivity contribution >= 4 is 153 Å². The molecule has 0 aliphatic carbocycles. The molecule has 0 saturated carbocycles. The molecule has 0 saturated heterocycles. The van der Waals surface area contributed by atoms with Crippen LogP contribution in [0.3, 0.4) is 0 Å². The van der Waals surface area contributed by atoms with E-state index in [1.165, 1.54) is 0 Å². The molecule has 0 amide bonds. The Kier molecular flexibility index (Phi) is 50.6. The Bertz CT molecular complexity index is 2600. The predicted molar refractivity (Wildman–Crippen MR) is 514 cm³/mol. The van der Waals surface area contributed by atoms with Gasteiger partial charge in [0.2, 0.25) is 0 Å². The first-order valence-electron chi connectivity index (χ1n) is 41.5. The van der Waals surface area contributed by atoms with E-state index in [1.807, 2.05) is 0 Å². The van der Waals surface area contributed by atoms with Crippen molar-refractivity contribution in [2.45, 2.75) is 285 Å². The van der Waals surface area contributed by atoms with Gasteiger partial charge in [-0.1, -0.05) is 0 Å². The van der Waals surface area contributed by atoms with Crippen LogP contribution in [0.15, 0.2) is 0 Å². The molecule has 112 heavy (non-hydrogen) atoms. The van der Waals surface area contributed by atoms with Gasteiger partial charge in [-0.2, -0.15) is 0 Å². The number of rotatable bonds is 64. The van der Waals surface area contributed by atoms with Crippen LogP contribution in [0.2, 0.25) is 260 Å². The highest BCUT2D eigenvalue weighted by Gasteiger charge is 2.55. The SMILES string of the molecule is C[N+](C)(C)CC(O)CNCCNCCC[Si](C)(O[Si](C)(C)O[Si](C)(C)C)O[Si](C)(C)O[Si](C)(C)O[Si](C)(C)O[Si](C)(CCCNCCN)O[Si](C)(C)O[Si](C)(C)C.C[N+](C)(C)CC(O)CNCCNCC[Si](C)(O[Si](C)(C)O[Si](C)(C)C)O[Si](C)(C)O[Si](C)(C)O[Si](C)(C)O[Si](C)(CCNCCN)O[Si](C)(C)O[Si](C)(C)C. The molecule has 0 aromatic heterocycles. The Balaban J connectivity index is 0. The minimum absolute atomic E-state index is 0.366. The summed E-state index contributed by atoms with van der Waals surface area (Å²) in [5, 5.41) is 41.4. The molecule has 0 rings (SSSR count). The van der Waals surface area contributed by atoms with Crippen molar-refractivity contribution < 1.29 is 85.0 Å². The van der Waals surface area contributed by atoms with Crippen LogP contribution in [0, 0.1) is 0 Å². The summed E-state index contributed by atoms with van der Waals surface area (Å²) < 4.78 is 112. The number of nitrogens with two attached hydrogens (primary N) is 2. The van der Waals surface area contributed by atoms with Gasteiger partial charge in [0, 0.05) is 77.5 Å². The zero-order valence-corrected chi connectivity index (χ0v) is 98.2. The molecule has 0 bridgehead atoms. The van der Waals surface area contributed by atoms with Crippen molar-refractivity contribution in [3.05, 3.63) is 0 Å². The Morgan fingerprint density at radius 3 is 0.625 bits per heavy atom. The van der Waals surface area contributed by atoms with Gasteiger partial charge in [0.15, 0.2) is 33.3 Å². The first-order chi connectivity index (χ1) is 49.6. The molecule has 676 valence electrons. The number of likely N-dealkylation sites (N-methyl/N-ethyl adjacent to an activating group) is 2. The van der Waals surface area contributed by atoms with Gasteiger partial charge in [-0.3, -0.25) is 0 Å². The summed E-state index contributed by atoms with van der Waals surface area (Å²) in [6.45, 7) is 89.2. The third-order valence-corrected chi connectivity index (χ3v) is 83.0. The summed E-state index contributed by atoms with van der Waals surface area (Å²) in [7, 11) is -32.6. The van der Waals surface area contributed by atoms with Crippen molar-refractivity contribution in [3.8, 4) is 0 Å². The summed E-state index contributed by atoms with van der Waals surface area (Å²) in [5.41, 5.74) is 11.5. The largest absolute Gasteiger partial charge is 0.437 e. The Morgan fingerprint density at radius 1 is 0.232 bits per heavy atom. The molecule has 0 fully saturated rings. The molecule has 46 heteroatoms. The predicted octanol–water partition coefficient (Wildman–Crippen LogP) is 11.3. The maximum Gasteiger partial charge on any atom is 0.318 e. The average Bonchev–Trinajstić information content (AvgIpc) is 0.801. The average molecular weight is 1910 g/mol. The van der Waals surface area contributed by atoms with E-state index < -0.39 is 153 Å². The van der Waals surface area contributed by atoms with E-state index in [4.69, 9.17) is 77.3 Å². The fraction of sp³-hybridized carbons (Fsp3) is 1.00. The second-order valence-electron chi connectivity index (χ2n) is 41.6. The Labute approximate surface area is 708 Å². The van der Waals surface area contributed by atoms with E-state index in [-0.39, 0.29) is 12.2 Å². The van der Waals surface area contributed by atoms with Gasteiger partial charge in [-0.05, 0) is 287 Å². The quantitative estimate of drug-likeness (QED) is 0.0154. The van der Waals surface area contributed by atoms with Crippen molar-refractivity contribution in [3.63, 3.8) is 0 Å². The molecule has 6 atom stereocenters. The van der Waals surface area contributed by atoms with Crippen LogP contribution in [0.25, 0.3) is 0 Å². The monoisotopic (exact) mass is 1910 g/mol. The maximum atomic E-state index is 10.3. The lowest BCUT2D eigenvalue weighted by Crippen LogP contribution is -2.63. The third-order valence-electron chi connectivity index (χ3n) is 15.2. The van der Waals surface area contributed by atoms with Crippen LogP contribution in [-0.4, -0.2) is 332 Å². The smallest absolute Gasteiger partial charge is 0.318 e. The minimum Gasteiger partial charge on any atom is -0.437 e.